The number of hydrogen-bond donors (Lipinski definition) is 0. The first-order chi connectivity index (χ1) is 17.8. The van der Waals surface area contributed by atoms with Crippen LogP contribution in [0.1, 0.15) is 38.5 Å². The van der Waals surface area contributed by atoms with Gasteiger partial charge >= 0.3 is 34.6 Å². The van der Waals surface area contributed by atoms with Crippen LogP contribution in [0.2, 0.25) is 0 Å². The predicted molar refractivity (Wildman–Crippen MR) is 117 cm³/mol. The van der Waals surface area contributed by atoms with E-state index in [9.17, 15) is 36.7 Å². The smallest absolute Gasteiger partial charge is 0.363 e. The minimum atomic E-state index is -4.66. The highest BCUT2D eigenvalue weighted by atomic mass is 79.9. The van der Waals surface area contributed by atoms with Crippen molar-refractivity contribution in [2.75, 3.05) is 0 Å². The molecular weight excluding hydrogens is 584 g/mol. The Labute approximate surface area is 222 Å². The number of carbonyl (C=O) groups is 4. The van der Waals surface area contributed by atoms with Gasteiger partial charge in [-0.3, -0.25) is 19.2 Å². The fraction of sp³-hybridized carbons (Fsp3) is 0.840. The van der Waals surface area contributed by atoms with Crippen molar-refractivity contribution in [3.8, 4) is 0 Å². The zero-order valence-electron chi connectivity index (χ0n) is 19.9. The number of fused-ring (bicyclic) bond motifs is 2. The summed E-state index contributed by atoms with van der Waals surface area (Å²) in [5.74, 6) is -13.3. The second-order valence-electron chi connectivity index (χ2n) is 12.1. The molecule has 0 aromatic rings. The number of carbonyl (C=O) groups excluding carboxylic acids is 4. The third kappa shape index (κ3) is 3.38. The first kappa shape index (κ1) is 25.1. The lowest BCUT2D eigenvalue weighted by atomic mass is 9.87. The molecule has 7 aliphatic rings. The normalized spacial score (nSPS) is 48.0. The van der Waals surface area contributed by atoms with Gasteiger partial charge in [0.1, 0.15) is 24.4 Å². The second-order valence-corrected chi connectivity index (χ2v) is 13.1. The summed E-state index contributed by atoms with van der Waals surface area (Å²) in [6.45, 7) is 0. The van der Waals surface area contributed by atoms with E-state index in [4.69, 9.17) is 18.9 Å². The van der Waals surface area contributed by atoms with Gasteiger partial charge in [-0.05, 0) is 54.5 Å². The van der Waals surface area contributed by atoms with Crippen molar-refractivity contribution in [3.05, 3.63) is 0 Å². The zero-order valence-corrected chi connectivity index (χ0v) is 21.5. The fourth-order valence-corrected chi connectivity index (χ4v) is 8.98. The molecule has 8 nitrogen and oxygen atoms in total. The molecule has 2 saturated heterocycles. The van der Waals surface area contributed by atoms with Crippen molar-refractivity contribution in [1.82, 2.24) is 0 Å². The summed E-state index contributed by atoms with van der Waals surface area (Å²) in [6, 6.07) is 0. The van der Waals surface area contributed by atoms with E-state index in [2.05, 4.69) is 0 Å². The Hall–Kier alpha value is -1.92. The van der Waals surface area contributed by atoms with Gasteiger partial charge in [0.05, 0.1) is 23.7 Å². The zero-order chi connectivity index (χ0) is 26.9. The van der Waals surface area contributed by atoms with E-state index in [1.165, 1.54) is 0 Å². The van der Waals surface area contributed by atoms with Crippen LogP contribution in [0.25, 0.3) is 0 Å². The maximum atomic E-state index is 15.0. The summed E-state index contributed by atoms with van der Waals surface area (Å²) in [5, 5.41) is 0. The molecule has 13 unspecified atom stereocenters. The SMILES string of the molecule is O=C(OC1C2CC3C(=O)OC1C3C2)C1CC(C(=O)OC2C3CC4C(=O)OC2C4C3)C(C(F)(F)C(F)(F)Br)C1. The van der Waals surface area contributed by atoms with Crippen LogP contribution in [0.5, 0.6) is 0 Å². The van der Waals surface area contributed by atoms with Gasteiger partial charge in [-0.25, -0.2) is 0 Å². The number of esters is 4. The molecule has 0 spiro atoms. The Morgan fingerprint density at radius 1 is 0.763 bits per heavy atom. The highest BCUT2D eigenvalue weighted by molar-refractivity contribution is 9.10. The second kappa shape index (κ2) is 8.06. The van der Waals surface area contributed by atoms with Crippen LogP contribution in [-0.4, -0.2) is 59.0 Å². The van der Waals surface area contributed by atoms with Crippen LogP contribution < -0.4 is 0 Å². The highest BCUT2D eigenvalue weighted by Crippen LogP contribution is 2.58. The first-order valence-corrected chi connectivity index (χ1v) is 13.9. The van der Waals surface area contributed by atoms with Crippen LogP contribution in [-0.2, 0) is 38.1 Å². The molecule has 208 valence electrons. The molecule has 2 heterocycles. The average molecular weight is 609 g/mol. The van der Waals surface area contributed by atoms with Gasteiger partial charge in [0, 0.05) is 29.6 Å². The van der Waals surface area contributed by atoms with Crippen LogP contribution in [0.4, 0.5) is 17.6 Å². The Morgan fingerprint density at radius 2 is 1.26 bits per heavy atom. The van der Waals surface area contributed by atoms with Crippen molar-refractivity contribution in [1.29, 1.82) is 0 Å². The number of hydrogen-bond acceptors (Lipinski definition) is 8. The lowest BCUT2D eigenvalue weighted by molar-refractivity contribution is -0.200. The summed E-state index contributed by atoms with van der Waals surface area (Å²) in [6.07, 6.45) is -1.67. The molecule has 2 aliphatic heterocycles. The maximum absolute atomic E-state index is 15.0. The molecule has 7 fully saturated rings. The largest absolute Gasteiger partial charge is 0.458 e. The summed E-state index contributed by atoms with van der Waals surface area (Å²) in [4.78, 5) is 45.7. The Balaban J connectivity index is 1.08. The molecule has 0 amide bonds. The van der Waals surface area contributed by atoms with E-state index in [0.717, 1.165) is 0 Å². The first-order valence-electron chi connectivity index (χ1n) is 13.1. The van der Waals surface area contributed by atoms with E-state index in [-0.39, 0.29) is 47.4 Å². The monoisotopic (exact) mass is 608 g/mol. The van der Waals surface area contributed by atoms with Crippen molar-refractivity contribution < 1.29 is 55.7 Å². The predicted octanol–water partition coefficient (Wildman–Crippen LogP) is 3.24. The fourth-order valence-electron chi connectivity index (χ4n) is 8.68. The van der Waals surface area contributed by atoms with Crippen LogP contribution in [0.15, 0.2) is 0 Å². The number of ether oxygens (including phenoxy) is 4. The van der Waals surface area contributed by atoms with Gasteiger partial charge in [-0.2, -0.15) is 17.6 Å². The van der Waals surface area contributed by atoms with E-state index in [1.54, 1.807) is 15.9 Å². The minimum Gasteiger partial charge on any atom is -0.458 e. The summed E-state index contributed by atoms with van der Waals surface area (Å²) >= 11 is 1.75. The number of alkyl halides is 5. The topological polar surface area (TPSA) is 105 Å². The molecule has 5 saturated carbocycles. The van der Waals surface area contributed by atoms with E-state index in [1.807, 2.05) is 0 Å². The van der Waals surface area contributed by atoms with Gasteiger partial charge in [0.2, 0.25) is 0 Å². The van der Waals surface area contributed by atoms with Gasteiger partial charge in [-0.15, -0.1) is 0 Å². The Kier molecular flexibility index (Phi) is 5.32. The average Bonchev–Trinajstić information content (AvgIpc) is 3.65. The standard InChI is InChI=1S/C25H25BrF4O8/c26-25(29,30)24(27,28)15-6-9(20(31)35-16-7-1-10-12(3-7)21(32)37-18(10)16)5-14(15)23(34)36-17-8-2-11-13(4-8)22(33)38-19(11)17/h7-19H,1-6H2. The number of halogens is 5. The summed E-state index contributed by atoms with van der Waals surface area (Å²) in [7, 11) is 0. The lowest BCUT2D eigenvalue weighted by Gasteiger charge is -2.32. The third-order valence-electron chi connectivity index (χ3n) is 10.4. The quantitative estimate of drug-likeness (QED) is 0.196. The van der Waals surface area contributed by atoms with Gasteiger partial charge in [0.25, 0.3) is 0 Å². The Bertz CT molecular complexity index is 1110. The molecule has 5 aliphatic carbocycles. The summed E-state index contributed by atoms with van der Waals surface area (Å²) < 4.78 is 79.8. The van der Waals surface area contributed by atoms with Crippen LogP contribution >= 0.6 is 15.9 Å². The lowest BCUT2D eigenvalue weighted by Crippen LogP contribution is -2.47. The molecule has 13 heteroatoms. The number of rotatable bonds is 6. The third-order valence-corrected chi connectivity index (χ3v) is 10.9. The van der Waals surface area contributed by atoms with Gasteiger partial charge < -0.3 is 18.9 Å². The molecule has 13 atom stereocenters. The molecule has 0 aromatic carbocycles. The van der Waals surface area contributed by atoms with Crippen LogP contribution in [0.3, 0.4) is 0 Å². The van der Waals surface area contributed by atoms with E-state index >= 15 is 0 Å². The molecule has 0 aromatic heterocycles. The maximum Gasteiger partial charge on any atom is 0.363 e. The Morgan fingerprint density at radius 3 is 1.76 bits per heavy atom. The molecule has 38 heavy (non-hydrogen) atoms. The van der Waals surface area contributed by atoms with Crippen LogP contribution in [0, 0.1) is 53.3 Å². The van der Waals surface area contributed by atoms with Crippen molar-refractivity contribution >= 4 is 39.8 Å². The van der Waals surface area contributed by atoms with Crippen molar-refractivity contribution in [2.24, 2.45) is 53.3 Å². The van der Waals surface area contributed by atoms with Crippen molar-refractivity contribution in [3.63, 3.8) is 0 Å². The molecule has 4 bridgehead atoms. The molecule has 7 rings (SSSR count). The summed E-state index contributed by atoms with van der Waals surface area (Å²) in [5.41, 5.74) is 0. The van der Waals surface area contributed by atoms with E-state index < -0.39 is 77.7 Å². The van der Waals surface area contributed by atoms with Crippen molar-refractivity contribution in [2.45, 2.75) is 73.7 Å². The minimum absolute atomic E-state index is 0.0493. The van der Waals surface area contributed by atoms with E-state index in [0.29, 0.717) is 25.7 Å². The molecule has 0 N–H and O–H groups in total. The van der Waals surface area contributed by atoms with Gasteiger partial charge in [0.15, 0.2) is 0 Å². The van der Waals surface area contributed by atoms with Gasteiger partial charge in [-0.1, -0.05) is 0 Å². The molecular formula is C25H25BrF4O8. The highest BCUT2D eigenvalue weighted by Gasteiger charge is 2.68. The molecule has 0 radical (unpaired) electrons.